The van der Waals surface area contributed by atoms with E-state index in [-0.39, 0.29) is 5.82 Å². The molecule has 0 spiro atoms. The van der Waals surface area contributed by atoms with Crippen LogP contribution in [0.1, 0.15) is 5.56 Å². The van der Waals surface area contributed by atoms with Gasteiger partial charge in [-0.05, 0) is 60.0 Å². The zero-order chi connectivity index (χ0) is 13.0. The fraction of sp³-hybridized carbons (Fsp3) is 0.143. The summed E-state index contributed by atoms with van der Waals surface area (Å²) >= 11 is 2.21. The fourth-order valence-electron chi connectivity index (χ4n) is 1.64. The van der Waals surface area contributed by atoms with Crippen LogP contribution < -0.4 is 10.1 Å². The molecule has 0 unspecified atom stereocenters. The summed E-state index contributed by atoms with van der Waals surface area (Å²) in [5, 5.41) is 2.94. The van der Waals surface area contributed by atoms with Gasteiger partial charge in [0.25, 0.3) is 0 Å². The van der Waals surface area contributed by atoms with E-state index < -0.39 is 0 Å². The van der Waals surface area contributed by atoms with E-state index in [0.717, 1.165) is 3.57 Å². The second-order valence-corrected chi connectivity index (χ2v) is 5.05. The Bertz CT molecular complexity index is 545. The van der Waals surface area contributed by atoms with Crippen LogP contribution in [-0.4, -0.2) is 7.05 Å². The summed E-state index contributed by atoms with van der Waals surface area (Å²) in [6.45, 7) is 0.436. The van der Waals surface area contributed by atoms with E-state index in [1.807, 2.05) is 24.3 Å². The predicted octanol–water partition coefficient (Wildman–Crippen LogP) is 3.94. The highest BCUT2D eigenvalue weighted by atomic mass is 127. The molecule has 2 rings (SSSR count). The highest BCUT2D eigenvalue weighted by molar-refractivity contribution is 14.1. The molecule has 18 heavy (non-hydrogen) atoms. The van der Waals surface area contributed by atoms with E-state index in [2.05, 4.69) is 27.9 Å². The minimum Gasteiger partial charge on any atom is -0.457 e. The Morgan fingerprint density at radius 2 is 2.00 bits per heavy atom. The molecule has 2 aromatic carbocycles. The van der Waals surface area contributed by atoms with Gasteiger partial charge in [-0.25, -0.2) is 4.39 Å². The smallest absolute Gasteiger partial charge is 0.134 e. The molecule has 0 saturated carbocycles. The second kappa shape index (κ2) is 6.15. The average molecular weight is 357 g/mol. The predicted molar refractivity (Wildman–Crippen MR) is 78.4 cm³/mol. The lowest BCUT2D eigenvalue weighted by Gasteiger charge is -2.11. The Morgan fingerprint density at radius 1 is 1.22 bits per heavy atom. The maximum absolute atomic E-state index is 13.7. The molecule has 0 fully saturated rings. The summed E-state index contributed by atoms with van der Waals surface area (Å²) in [7, 11) is 1.78. The molecule has 1 N–H and O–H groups in total. The van der Waals surface area contributed by atoms with Crippen molar-refractivity contribution in [3.8, 4) is 11.5 Å². The van der Waals surface area contributed by atoms with Gasteiger partial charge in [-0.3, -0.25) is 0 Å². The van der Waals surface area contributed by atoms with Gasteiger partial charge in [-0.2, -0.15) is 0 Å². The van der Waals surface area contributed by atoms with Crippen molar-refractivity contribution in [2.45, 2.75) is 6.54 Å². The molecule has 0 aromatic heterocycles. The van der Waals surface area contributed by atoms with Gasteiger partial charge in [0.1, 0.15) is 17.3 Å². The Hall–Kier alpha value is -1.14. The van der Waals surface area contributed by atoms with Gasteiger partial charge in [0, 0.05) is 15.7 Å². The largest absolute Gasteiger partial charge is 0.457 e. The molecule has 0 aliphatic heterocycles. The standard InChI is InChI=1S/C14H13FINO/c1-17-9-12-13(15)6-3-7-14(12)18-11-5-2-4-10(16)8-11/h2-8,17H,9H2,1H3. The molecular formula is C14H13FINO. The summed E-state index contributed by atoms with van der Waals surface area (Å²) in [5.74, 6) is 1.00. The van der Waals surface area contributed by atoms with Gasteiger partial charge in [-0.1, -0.05) is 12.1 Å². The number of ether oxygens (including phenoxy) is 1. The Balaban J connectivity index is 2.31. The third-order valence-corrected chi connectivity index (χ3v) is 3.12. The van der Waals surface area contributed by atoms with Crippen LogP contribution in [0.4, 0.5) is 4.39 Å². The van der Waals surface area contributed by atoms with Crippen molar-refractivity contribution in [3.63, 3.8) is 0 Å². The number of benzene rings is 2. The van der Waals surface area contributed by atoms with Gasteiger partial charge in [0.05, 0.1) is 0 Å². The van der Waals surface area contributed by atoms with Crippen LogP contribution in [0.25, 0.3) is 0 Å². The van der Waals surface area contributed by atoms with E-state index in [1.165, 1.54) is 6.07 Å². The number of halogens is 2. The zero-order valence-corrected chi connectivity index (χ0v) is 12.1. The van der Waals surface area contributed by atoms with Crippen LogP contribution in [0, 0.1) is 9.39 Å². The maximum atomic E-state index is 13.7. The maximum Gasteiger partial charge on any atom is 0.134 e. The first-order valence-electron chi connectivity index (χ1n) is 5.56. The zero-order valence-electron chi connectivity index (χ0n) is 9.91. The van der Waals surface area contributed by atoms with Gasteiger partial charge in [0.2, 0.25) is 0 Å². The Morgan fingerprint density at radius 3 is 2.72 bits per heavy atom. The quantitative estimate of drug-likeness (QED) is 0.837. The van der Waals surface area contributed by atoms with Crippen molar-refractivity contribution >= 4 is 22.6 Å². The van der Waals surface area contributed by atoms with E-state index in [9.17, 15) is 4.39 Å². The molecule has 0 aliphatic rings. The highest BCUT2D eigenvalue weighted by Crippen LogP contribution is 2.27. The molecule has 0 aliphatic carbocycles. The lowest BCUT2D eigenvalue weighted by atomic mass is 10.2. The fourth-order valence-corrected chi connectivity index (χ4v) is 2.15. The average Bonchev–Trinajstić information content (AvgIpc) is 2.34. The number of nitrogens with one attached hydrogen (secondary N) is 1. The normalized spacial score (nSPS) is 10.4. The summed E-state index contributed by atoms with van der Waals surface area (Å²) in [5.41, 5.74) is 0.541. The molecule has 0 radical (unpaired) electrons. The highest BCUT2D eigenvalue weighted by Gasteiger charge is 2.09. The lowest BCUT2D eigenvalue weighted by Crippen LogP contribution is -2.08. The lowest BCUT2D eigenvalue weighted by molar-refractivity contribution is 0.464. The van der Waals surface area contributed by atoms with E-state index in [0.29, 0.717) is 23.6 Å². The minimum absolute atomic E-state index is 0.257. The minimum atomic E-state index is -0.257. The molecule has 2 aromatic rings. The van der Waals surface area contributed by atoms with Gasteiger partial charge < -0.3 is 10.1 Å². The van der Waals surface area contributed by atoms with Crippen molar-refractivity contribution < 1.29 is 9.13 Å². The Kier molecular flexibility index (Phi) is 4.54. The molecule has 94 valence electrons. The van der Waals surface area contributed by atoms with E-state index in [1.54, 1.807) is 19.2 Å². The summed E-state index contributed by atoms with van der Waals surface area (Å²) in [6, 6.07) is 12.5. The number of hydrogen-bond acceptors (Lipinski definition) is 2. The molecule has 0 heterocycles. The van der Waals surface area contributed by atoms with Crippen molar-refractivity contribution in [2.75, 3.05) is 7.05 Å². The molecule has 2 nitrogen and oxygen atoms in total. The van der Waals surface area contributed by atoms with E-state index in [4.69, 9.17) is 4.74 Å². The van der Waals surface area contributed by atoms with Crippen molar-refractivity contribution in [2.24, 2.45) is 0 Å². The van der Waals surface area contributed by atoms with Crippen LogP contribution in [0.2, 0.25) is 0 Å². The third-order valence-electron chi connectivity index (χ3n) is 2.45. The van der Waals surface area contributed by atoms with Crippen molar-refractivity contribution in [1.82, 2.24) is 5.32 Å². The first-order valence-corrected chi connectivity index (χ1v) is 6.64. The summed E-state index contributed by atoms with van der Waals surface area (Å²) in [6.07, 6.45) is 0. The molecule has 0 bridgehead atoms. The summed E-state index contributed by atoms with van der Waals surface area (Å²) in [4.78, 5) is 0. The SMILES string of the molecule is CNCc1c(F)cccc1Oc1cccc(I)c1. The first-order chi connectivity index (χ1) is 8.70. The third kappa shape index (κ3) is 3.20. The molecule has 0 atom stereocenters. The Labute approximate surface area is 119 Å². The van der Waals surface area contributed by atoms with Gasteiger partial charge >= 0.3 is 0 Å². The van der Waals surface area contributed by atoms with Gasteiger partial charge in [-0.15, -0.1) is 0 Å². The van der Waals surface area contributed by atoms with Crippen LogP contribution in [-0.2, 0) is 6.54 Å². The molecular weight excluding hydrogens is 344 g/mol. The number of hydrogen-bond donors (Lipinski definition) is 1. The van der Waals surface area contributed by atoms with Crippen LogP contribution in [0.3, 0.4) is 0 Å². The molecule has 4 heteroatoms. The topological polar surface area (TPSA) is 21.3 Å². The summed E-state index contributed by atoms with van der Waals surface area (Å²) < 4.78 is 20.5. The van der Waals surface area contributed by atoms with Gasteiger partial charge in [0.15, 0.2) is 0 Å². The van der Waals surface area contributed by atoms with Crippen LogP contribution in [0.15, 0.2) is 42.5 Å². The van der Waals surface area contributed by atoms with Crippen molar-refractivity contribution in [3.05, 3.63) is 57.4 Å². The monoisotopic (exact) mass is 357 g/mol. The number of rotatable bonds is 4. The molecule has 0 amide bonds. The van der Waals surface area contributed by atoms with Crippen LogP contribution in [0.5, 0.6) is 11.5 Å². The van der Waals surface area contributed by atoms with E-state index >= 15 is 0 Å². The first kappa shape index (κ1) is 13.3. The second-order valence-electron chi connectivity index (χ2n) is 3.81. The molecule has 0 saturated heterocycles. The van der Waals surface area contributed by atoms with Crippen molar-refractivity contribution in [1.29, 1.82) is 0 Å². The van der Waals surface area contributed by atoms with Crippen LogP contribution >= 0.6 is 22.6 Å².